The van der Waals surface area contributed by atoms with Crippen molar-refractivity contribution < 1.29 is 14.6 Å². The van der Waals surface area contributed by atoms with Gasteiger partial charge in [-0.3, -0.25) is 4.90 Å². The van der Waals surface area contributed by atoms with Gasteiger partial charge in [0.05, 0.1) is 0 Å². The predicted molar refractivity (Wildman–Crippen MR) is 80.5 cm³/mol. The highest BCUT2D eigenvalue weighted by Gasteiger charge is 2.45. The summed E-state index contributed by atoms with van der Waals surface area (Å²) in [7, 11) is 0. The van der Waals surface area contributed by atoms with Crippen LogP contribution in [0.3, 0.4) is 0 Å². The third-order valence-corrected chi connectivity index (χ3v) is 4.48. The summed E-state index contributed by atoms with van der Waals surface area (Å²) in [6.07, 6.45) is 5.08. The fourth-order valence-corrected chi connectivity index (χ4v) is 3.39. The fraction of sp³-hybridized carbons (Fsp3) is 0.471. The second kappa shape index (κ2) is 5.90. The summed E-state index contributed by atoms with van der Waals surface area (Å²) in [5.74, 6) is 0. The van der Waals surface area contributed by atoms with Gasteiger partial charge in [-0.2, -0.15) is 0 Å². The third kappa shape index (κ3) is 2.56. The number of aliphatic hydroxyl groups excluding tert-OH is 1. The monoisotopic (exact) mass is 287 g/mol. The van der Waals surface area contributed by atoms with Gasteiger partial charge in [-0.1, -0.05) is 56.2 Å². The van der Waals surface area contributed by atoms with Crippen molar-refractivity contribution in [3.8, 4) is 0 Å². The van der Waals surface area contributed by atoms with Crippen LogP contribution >= 0.6 is 0 Å². The zero-order chi connectivity index (χ0) is 14.8. The van der Waals surface area contributed by atoms with Crippen LogP contribution in [0, 0.1) is 0 Å². The van der Waals surface area contributed by atoms with Gasteiger partial charge < -0.3 is 9.84 Å². The number of ether oxygens (including phenoxy) is 1. The highest BCUT2D eigenvalue weighted by Crippen LogP contribution is 2.37. The smallest absolute Gasteiger partial charge is 0.413 e. The predicted octanol–water partition coefficient (Wildman–Crippen LogP) is 3.47. The number of amides is 1. The summed E-state index contributed by atoms with van der Waals surface area (Å²) in [6, 6.07) is 7.67. The number of carbonyl (C=O) groups excluding carboxylic acids is 1. The summed E-state index contributed by atoms with van der Waals surface area (Å²) in [6.45, 7) is 3.78. The lowest BCUT2D eigenvalue weighted by Gasteiger charge is -2.31. The maximum absolute atomic E-state index is 12.2. The molecule has 0 aromatic heterocycles. The first-order valence-electron chi connectivity index (χ1n) is 7.60. The van der Waals surface area contributed by atoms with Crippen LogP contribution in [0.4, 0.5) is 4.79 Å². The molecule has 1 saturated heterocycles. The zero-order valence-electron chi connectivity index (χ0n) is 12.1. The van der Waals surface area contributed by atoms with Crippen LogP contribution in [-0.2, 0) is 4.74 Å². The molecule has 112 valence electrons. The van der Waals surface area contributed by atoms with E-state index in [-0.39, 0.29) is 6.04 Å². The number of nitrogens with zero attached hydrogens (tertiary/aromatic N) is 1. The maximum atomic E-state index is 12.2. The molecular weight excluding hydrogens is 266 g/mol. The summed E-state index contributed by atoms with van der Waals surface area (Å²) in [5.41, 5.74) is 1.70. The van der Waals surface area contributed by atoms with E-state index in [1.54, 1.807) is 6.08 Å². The van der Waals surface area contributed by atoms with E-state index in [1.807, 2.05) is 24.3 Å². The number of hydrogen-bond acceptors (Lipinski definition) is 3. The van der Waals surface area contributed by atoms with Gasteiger partial charge in [-0.25, -0.2) is 4.79 Å². The molecule has 1 aromatic carbocycles. The first kappa shape index (κ1) is 14.1. The Kier molecular flexibility index (Phi) is 3.97. The van der Waals surface area contributed by atoms with Crippen LogP contribution in [0.5, 0.6) is 0 Å². The fourth-order valence-electron chi connectivity index (χ4n) is 3.39. The van der Waals surface area contributed by atoms with Gasteiger partial charge in [0, 0.05) is 11.6 Å². The van der Waals surface area contributed by atoms with Crippen LogP contribution in [0.25, 0.3) is 6.08 Å². The highest BCUT2D eigenvalue weighted by molar-refractivity contribution is 5.71. The number of hydrogen-bond donors (Lipinski definition) is 1. The Morgan fingerprint density at radius 3 is 2.67 bits per heavy atom. The normalized spacial score (nSPS) is 26.7. The SMILES string of the molecule is C=Cc1ccccc1[C@H]1OC(=O)N(C2CCCCC2)[C@H]1O. The second-order valence-corrected chi connectivity index (χ2v) is 5.75. The molecule has 1 aliphatic carbocycles. The van der Waals surface area contributed by atoms with Crippen molar-refractivity contribution >= 4 is 12.2 Å². The van der Waals surface area contributed by atoms with Gasteiger partial charge in [0.2, 0.25) is 0 Å². The standard InChI is InChI=1S/C17H21NO3/c1-2-12-8-6-7-11-14(12)15-16(19)18(17(20)21-15)13-9-4-3-5-10-13/h2,6-8,11,13,15-16,19H,1,3-5,9-10H2/t15-,16+/m1/s1. The van der Waals surface area contributed by atoms with Gasteiger partial charge in [0.15, 0.2) is 12.3 Å². The number of aliphatic hydroxyl groups is 1. The zero-order valence-corrected chi connectivity index (χ0v) is 12.1. The first-order chi connectivity index (χ1) is 10.2. The Labute approximate surface area is 125 Å². The number of rotatable bonds is 3. The average molecular weight is 287 g/mol. The number of benzene rings is 1. The van der Waals surface area contributed by atoms with E-state index in [9.17, 15) is 9.90 Å². The van der Waals surface area contributed by atoms with E-state index in [0.717, 1.165) is 36.8 Å². The Bertz CT molecular complexity index is 537. The number of cyclic esters (lactones) is 1. The summed E-state index contributed by atoms with van der Waals surface area (Å²) in [4.78, 5) is 13.7. The lowest BCUT2D eigenvalue weighted by atomic mass is 9.93. The molecule has 0 unspecified atom stereocenters. The minimum atomic E-state index is -0.915. The molecule has 1 aromatic rings. The molecule has 1 aliphatic heterocycles. The van der Waals surface area contributed by atoms with Crippen molar-refractivity contribution in [3.05, 3.63) is 42.0 Å². The van der Waals surface area contributed by atoms with Gasteiger partial charge in [-0.05, 0) is 18.4 Å². The molecule has 1 N–H and O–H groups in total. The topological polar surface area (TPSA) is 49.8 Å². The Hall–Kier alpha value is -1.81. The lowest BCUT2D eigenvalue weighted by Crippen LogP contribution is -2.43. The van der Waals surface area contributed by atoms with E-state index in [2.05, 4.69) is 6.58 Å². The minimum absolute atomic E-state index is 0.0992. The van der Waals surface area contributed by atoms with E-state index >= 15 is 0 Å². The third-order valence-electron chi connectivity index (χ3n) is 4.48. The molecule has 3 rings (SSSR count). The van der Waals surface area contributed by atoms with Crippen LogP contribution in [0.2, 0.25) is 0 Å². The van der Waals surface area contributed by atoms with E-state index < -0.39 is 18.4 Å². The molecular formula is C17H21NO3. The van der Waals surface area contributed by atoms with Crippen molar-refractivity contribution in [2.75, 3.05) is 0 Å². The van der Waals surface area contributed by atoms with Gasteiger partial charge in [0.25, 0.3) is 0 Å². The molecule has 1 amide bonds. The minimum Gasteiger partial charge on any atom is -0.436 e. The van der Waals surface area contributed by atoms with Crippen molar-refractivity contribution in [3.63, 3.8) is 0 Å². The van der Waals surface area contributed by atoms with Crippen LogP contribution in [-0.4, -0.2) is 28.4 Å². The Morgan fingerprint density at radius 1 is 1.24 bits per heavy atom. The molecule has 2 atom stereocenters. The van der Waals surface area contributed by atoms with Crippen LogP contribution < -0.4 is 0 Å². The molecule has 2 fully saturated rings. The Balaban J connectivity index is 1.85. The molecule has 21 heavy (non-hydrogen) atoms. The summed E-state index contributed by atoms with van der Waals surface area (Å²) < 4.78 is 5.46. The molecule has 0 spiro atoms. The largest absolute Gasteiger partial charge is 0.436 e. The first-order valence-corrected chi connectivity index (χ1v) is 7.60. The van der Waals surface area contributed by atoms with Gasteiger partial charge in [0.1, 0.15) is 0 Å². The van der Waals surface area contributed by atoms with E-state index in [4.69, 9.17) is 4.74 Å². The number of carbonyl (C=O) groups is 1. The maximum Gasteiger partial charge on any atom is 0.413 e. The molecule has 1 heterocycles. The highest BCUT2D eigenvalue weighted by atomic mass is 16.6. The van der Waals surface area contributed by atoms with Crippen molar-refractivity contribution in [2.45, 2.75) is 50.5 Å². The molecule has 0 radical (unpaired) electrons. The summed E-state index contributed by atoms with van der Waals surface area (Å²) >= 11 is 0. The average Bonchev–Trinajstić information content (AvgIpc) is 2.83. The van der Waals surface area contributed by atoms with Crippen molar-refractivity contribution in [2.24, 2.45) is 0 Å². The quantitative estimate of drug-likeness (QED) is 0.926. The lowest BCUT2D eigenvalue weighted by molar-refractivity contribution is -0.00853. The van der Waals surface area contributed by atoms with Crippen molar-refractivity contribution in [1.82, 2.24) is 4.90 Å². The molecule has 4 heteroatoms. The van der Waals surface area contributed by atoms with Gasteiger partial charge >= 0.3 is 6.09 Å². The van der Waals surface area contributed by atoms with Crippen LogP contribution in [0.15, 0.2) is 30.8 Å². The van der Waals surface area contributed by atoms with E-state index in [0.29, 0.717) is 0 Å². The molecule has 0 bridgehead atoms. The van der Waals surface area contributed by atoms with Gasteiger partial charge in [-0.15, -0.1) is 0 Å². The second-order valence-electron chi connectivity index (χ2n) is 5.75. The van der Waals surface area contributed by atoms with Crippen LogP contribution in [0.1, 0.15) is 49.3 Å². The molecule has 4 nitrogen and oxygen atoms in total. The van der Waals surface area contributed by atoms with Crippen molar-refractivity contribution in [1.29, 1.82) is 0 Å². The molecule has 2 aliphatic rings. The summed E-state index contributed by atoms with van der Waals surface area (Å²) in [5, 5.41) is 10.6. The Morgan fingerprint density at radius 2 is 1.95 bits per heavy atom. The molecule has 1 saturated carbocycles. The van der Waals surface area contributed by atoms with E-state index in [1.165, 1.54) is 11.3 Å².